The van der Waals surface area contributed by atoms with Crippen LogP contribution in [0.5, 0.6) is 0 Å². The second kappa shape index (κ2) is 10.1. The van der Waals surface area contributed by atoms with Crippen LogP contribution in [-0.4, -0.2) is 19.5 Å². The fourth-order valence-corrected chi connectivity index (χ4v) is 7.28. The van der Waals surface area contributed by atoms with Crippen molar-refractivity contribution in [2.24, 2.45) is 0 Å². The predicted octanol–water partition coefficient (Wildman–Crippen LogP) is 10.3. The number of para-hydroxylation sites is 2. The van der Waals surface area contributed by atoms with E-state index in [1.807, 2.05) is 12.3 Å². The van der Waals surface area contributed by atoms with Gasteiger partial charge < -0.3 is 4.57 Å². The van der Waals surface area contributed by atoms with E-state index < -0.39 is 0 Å². The number of hydrogen-bond donors (Lipinski definition) is 0. The lowest BCUT2D eigenvalue weighted by Gasteiger charge is -2.24. The fourth-order valence-electron chi connectivity index (χ4n) is 7.28. The minimum Gasteiger partial charge on any atom is -0.309 e. The van der Waals surface area contributed by atoms with Gasteiger partial charge in [0.1, 0.15) is 0 Å². The molecule has 0 fully saturated rings. The number of hydrogen-bond acceptors (Lipinski definition) is 3. The molecule has 0 saturated heterocycles. The van der Waals surface area contributed by atoms with E-state index in [4.69, 9.17) is 9.97 Å². The Morgan fingerprint density at radius 3 is 2.07 bits per heavy atom. The van der Waals surface area contributed by atoms with Gasteiger partial charge in [0, 0.05) is 56.5 Å². The first-order valence-corrected chi connectivity index (χ1v) is 15.7. The summed E-state index contributed by atoms with van der Waals surface area (Å²) in [6.07, 6.45) is 3.69. The lowest BCUT2D eigenvalue weighted by Crippen LogP contribution is -2.17. The molecule has 3 heterocycles. The summed E-state index contributed by atoms with van der Waals surface area (Å²) in [6.45, 7) is 4.60. The summed E-state index contributed by atoms with van der Waals surface area (Å²) in [7, 11) is 0. The quantitative estimate of drug-likeness (QED) is 0.205. The molecule has 0 radical (unpaired) electrons. The first-order valence-electron chi connectivity index (χ1n) is 15.7. The molecule has 46 heavy (non-hydrogen) atoms. The van der Waals surface area contributed by atoms with Crippen LogP contribution in [0.25, 0.3) is 72.5 Å². The van der Waals surface area contributed by atoms with Crippen LogP contribution >= 0.6 is 0 Å². The normalized spacial score (nSPS) is 13.2. The van der Waals surface area contributed by atoms with Crippen molar-refractivity contribution in [2.75, 3.05) is 0 Å². The Bertz CT molecular complexity index is 2420. The molecule has 8 aromatic rings. The zero-order valence-corrected chi connectivity index (χ0v) is 25.6. The van der Waals surface area contributed by atoms with Crippen LogP contribution < -0.4 is 0 Å². The van der Waals surface area contributed by atoms with E-state index in [1.54, 1.807) is 6.20 Å². The summed E-state index contributed by atoms with van der Waals surface area (Å²) < 4.78 is 2.36. The molecule has 0 aliphatic heterocycles. The van der Waals surface area contributed by atoms with E-state index in [1.165, 1.54) is 38.5 Å². The van der Waals surface area contributed by atoms with Gasteiger partial charge in [-0.25, -0.2) is 9.97 Å². The van der Waals surface area contributed by atoms with Crippen molar-refractivity contribution in [1.82, 2.24) is 19.5 Å². The lowest BCUT2D eigenvalue weighted by molar-refractivity contribution is 0.658. The van der Waals surface area contributed by atoms with Gasteiger partial charge in [-0.05, 0) is 53.1 Å². The van der Waals surface area contributed by atoms with Crippen molar-refractivity contribution in [3.63, 3.8) is 0 Å². The van der Waals surface area contributed by atoms with Gasteiger partial charge in [-0.2, -0.15) is 0 Å². The van der Waals surface area contributed by atoms with Crippen LogP contribution in [0, 0.1) is 0 Å². The largest absolute Gasteiger partial charge is 0.309 e. The highest BCUT2D eigenvalue weighted by Gasteiger charge is 2.40. The number of rotatable bonds is 4. The van der Waals surface area contributed by atoms with Crippen LogP contribution in [0.1, 0.15) is 25.0 Å². The Balaban J connectivity index is 1.28. The van der Waals surface area contributed by atoms with Crippen LogP contribution in [0.3, 0.4) is 0 Å². The maximum atomic E-state index is 5.39. The third kappa shape index (κ3) is 3.97. The van der Waals surface area contributed by atoms with Gasteiger partial charge in [-0.1, -0.05) is 111 Å². The van der Waals surface area contributed by atoms with Gasteiger partial charge in [-0.3, -0.25) is 4.98 Å². The van der Waals surface area contributed by atoms with Crippen LogP contribution in [0.2, 0.25) is 0 Å². The molecular weight excluding hydrogens is 560 g/mol. The van der Waals surface area contributed by atoms with E-state index in [-0.39, 0.29) is 5.41 Å². The molecule has 4 heteroatoms. The first-order chi connectivity index (χ1) is 22.6. The standard InChI is InChI=1S/C42H30N4/c1-42(2)35-16-8-6-15-33(35)40-38(42)39(44-41(45-40)28-20-18-27(19-21-28)30-11-10-24-43-26-30)29-22-23-37-34(25-29)32-14-7-9-17-36(32)46(37)31-12-4-3-5-13-31/h3-26H,1-2H3. The molecule has 0 amide bonds. The van der Waals surface area contributed by atoms with Crippen LogP contribution in [0.15, 0.2) is 146 Å². The number of pyridine rings is 1. The number of fused-ring (bicyclic) bond motifs is 6. The predicted molar refractivity (Wildman–Crippen MR) is 188 cm³/mol. The van der Waals surface area contributed by atoms with E-state index in [0.29, 0.717) is 0 Å². The summed E-state index contributed by atoms with van der Waals surface area (Å²) in [4.78, 5) is 15.0. The molecule has 0 bridgehead atoms. The smallest absolute Gasteiger partial charge is 0.160 e. The summed E-state index contributed by atoms with van der Waals surface area (Å²) in [5, 5.41) is 2.43. The van der Waals surface area contributed by atoms with E-state index >= 15 is 0 Å². The summed E-state index contributed by atoms with van der Waals surface area (Å²) in [5.74, 6) is 0.728. The molecule has 1 aliphatic carbocycles. The highest BCUT2D eigenvalue weighted by Crippen LogP contribution is 2.51. The SMILES string of the molecule is CC1(C)c2ccccc2-c2nc(-c3ccc(-c4cccnc4)cc3)nc(-c3ccc4c(c3)c3ccccc3n4-c3ccccc3)c21. The minimum absolute atomic E-state index is 0.253. The van der Waals surface area contributed by atoms with Crippen molar-refractivity contribution in [2.45, 2.75) is 19.3 Å². The van der Waals surface area contributed by atoms with Crippen molar-refractivity contribution >= 4 is 21.8 Å². The zero-order valence-electron chi connectivity index (χ0n) is 25.6. The van der Waals surface area contributed by atoms with Gasteiger partial charge in [0.2, 0.25) is 0 Å². The van der Waals surface area contributed by atoms with Crippen molar-refractivity contribution in [3.05, 3.63) is 157 Å². The Hall–Kier alpha value is -5.87. The molecule has 0 spiro atoms. The summed E-state index contributed by atoms with van der Waals surface area (Å²) in [5.41, 5.74) is 13.2. The third-order valence-corrected chi connectivity index (χ3v) is 9.49. The highest BCUT2D eigenvalue weighted by atomic mass is 15.0. The summed E-state index contributed by atoms with van der Waals surface area (Å²) in [6, 6.07) is 47.3. The van der Waals surface area contributed by atoms with E-state index in [2.05, 4.69) is 151 Å². The summed E-state index contributed by atoms with van der Waals surface area (Å²) >= 11 is 0. The zero-order chi connectivity index (χ0) is 30.8. The molecule has 0 unspecified atom stereocenters. The molecule has 0 atom stereocenters. The molecule has 9 rings (SSSR count). The van der Waals surface area contributed by atoms with E-state index in [9.17, 15) is 0 Å². The Kier molecular flexibility index (Phi) is 5.81. The van der Waals surface area contributed by atoms with Gasteiger partial charge in [-0.15, -0.1) is 0 Å². The van der Waals surface area contributed by atoms with Crippen LogP contribution in [0.4, 0.5) is 0 Å². The second-order valence-corrected chi connectivity index (χ2v) is 12.5. The number of aromatic nitrogens is 4. The molecule has 3 aromatic heterocycles. The minimum atomic E-state index is -0.253. The number of nitrogens with zero attached hydrogens (tertiary/aromatic N) is 4. The maximum absolute atomic E-state index is 5.39. The van der Waals surface area contributed by atoms with Crippen molar-refractivity contribution < 1.29 is 0 Å². The van der Waals surface area contributed by atoms with Gasteiger partial charge in [0.15, 0.2) is 5.82 Å². The first kappa shape index (κ1) is 26.5. The molecule has 0 N–H and O–H groups in total. The van der Waals surface area contributed by atoms with E-state index in [0.717, 1.165) is 45.2 Å². The third-order valence-electron chi connectivity index (χ3n) is 9.49. The maximum Gasteiger partial charge on any atom is 0.160 e. The van der Waals surface area contributed by atoms with Gasteiger partial charge in [0.05, 0.1) is 22.4 Å². The average molecular weight is 591 g/mol. The highest BCUT2D eigenvalue weighted by molar-refractivity contribution is 6.10. The Morgan fingerprint density at radius 1 is 0.543 bits per heavy atom. The lowest BCUT2D eigenvalue weighted by atomic mass is 9.80. The average Bonchev–Trinajstić information content (AvgIpc) is 3.57. The molecule has 5 aromatic carbocycles. The molecule has 218 valence electrons. The molecular formula is C42H30N4. The van der Waals surface area contributed by atoms with Gasteiger partial charge in [0.25, 0.3) is 0 Å². The molecule has 1 aliphatic rings. The topological polar surface area (TPSA) is 43.6 Å². The van der Waals surface area contributed by atoms with Crippen LogP contribution in [-0.2, 0) is 5.41 Å². The second-order valence-electron chi connectivity index (χ2n) is 12.5. The molecule has 0 saturated carbocycles. The van der Waals surface area contributed by atoms with Gasteiger partial charge >= 0.3 is 0 Å². The van der Waals surface area contributed by atoms with Crippen molar-refractivity contribution in [1.29, 1.82) is 0 Å². The Labute approximate surface area is 267 Å². The van der Waals surface area contributed by atoms with Crippen molar-refractivity contribution in [3.8, 4) is 50.7 Å². The monoisotopic (exact) mass is 590 g/mol. The Morgan fingerprint density at radius 2 is 1.24 bits per heavy atom. The number of benzene rings is 5. The fraction of sp³-hybridized carbons (Fsp3) is 0.0714. The molecule has 4 nitrogen and oxygen atoms in total.